The van der Waals surface area contributed by atoms with E-state index < -0.39 is 0 Å². The quantitative estimate of drug-likeness (QED) is 0.108. The lowest BCUT2D eigenvalue weighted by atomic mass is 10.0. The Labute approximate surface area is 192 Å². The molecule has 0 heterocycles. The van der Waals surface area contributed by atoms with Crippen molar-refractivity contribution >= 4 is 0 Å². The third-order valence-corrected chi connectivity index (χ3v) is 6.44. The Balaban J connectivity index is 3.09. The molecule has 0 rings (SSSR count). The molecule has 178 valence electrons. The zero-order valence-electron chi connectivity index (χ0n) is 21.4. The first-order valence-electron chi connectivity index (χ1n) is 14.4. The molecule has 0 bridgehead atoms. The summed E-state index contributed by atoms with van der Waals surface area (Å²) in [7, 11) is 0. The van der Waals surface area contributed by atoms with Gasteiger partial charge in [0, 0.05) is 12.8 Å². The number of hydrogen-bond donors (Lipinski definition) is 0. The number of unbranched alkanes of at least 4 members (excludes halogenated alkanes) is 24. The highest BCUT2D eigenvalue weighted by Gasteiger charge is 1.94. The molecule has 0 aliphatic rings. The van der Waals surface area contributed by atoms with Gasteiger partial charge in [0.15, 0.2) is 0 Å². The summed E-state index contributed by atoms with van der Waals surface area (Å²) in [6, 6.07) is 0. The Morgan fingerprint density at radius 1 is 0.267 bits per heavy atom. The Kier molecular flexibility index (Phi) is 28.1. The molecule has 0 N–H and O–H groups in total. The second kappa shape index (κ2) is 28.6. The molecule has 0 aliphatic carbocycles. The van der Waals surface area contributed by atoms with Crippen molar-refractivity contribution in [3.05, 3.63) is 0 Å². The lowest BCUT2D eigenvalue weighted by Gasteiger charge is -2.02. The van der Waals surface area contributed by atoms with E-state index in [4.69, 9.17) is 0 Å². The van der Waals surface area contributed by atoms with Gasteiger partial charge in [-0.1, -0.05) is 155 Å². The highest BCUT2D eigenvalue weighted by atomic mass is 14.0. The predicted molar refractivity (Wildman–Crippen MR) is 139 cm³/mol. The fourth-order valence-electron chi connectivity index (χ4n) is 4.29. The van der Waals surface area contributed by atoms with Crippen molar-refractivity contribution in [2.24, 2.45) is 0 Å². The Morgan fingerprint density at radius 3 is 0.700 bits per heavy atom. The van der Waals surface area contributed by atoms with Crippen LogP contribution in [0.3, 0.4) is 0 Å². The molecule has 0 amide bonds. The van der Waals surface area contributed by atoms with Gasteiger partial charge in [-0.15, -0.1) is 11.8 Å². The van der Waals surface area contributed by atoms with Gasteiger partial charge < -0.3 is 0 Å². The normalized spacial score (nSPS) is 10.9. The van der Waals surface area contributed by atoms with Crippen molar-refractivity contribution in [3.8, 4) is 11.8 Å². The van der Waals surface area contributed by atoms with Crippen LogP contribution in [0.1, 0.15) is 181 Å². The van der Waals surface area contributed by atoms with Crippen molar-refractivity contribution in [1.29, 1.82) is 0 Å². The van der Waals surface area contributed by atoms with E-state index in [1.54, 1.807) is 0 Å². The molecule has 0 saturated carbocycles. The van der Waals surface area contributed by atoms with Crippen molar-refractivity contribution < 1.29 is 0 Å². The summed E-state index contributed by atoms with van der Waals surface area (Å²) >= 11 is 0. The van der Waals surface area contributed by atoms with Crippen LogP contribution in [0.15, 0.2) is 0 Å². The highest BCUT2D eigenvalue weighted by molar-refractivity contribution is 4.98. The number of hydrogen-bond acceptors (Lipinski definition) is 0. The van der Waals surface area contributed by atoms with E-state index in [1.165, 1.54) is 154 Å². The fraction of sp³-hybridized carbons (Fsp3) is 0.933. The monoisotopic (exact) mass is 418 g/mol. The molecule has 0 nitrogen and oxygen atoms in total. The average Bonchev–Trinajstić information content (AvgIpc) is 2.76. The van der Waals surface area contributed by atoms with Gasteiger partial charge in [0.25, 0.3) is 0 Å². The van der Waals surface area contributed by atoms with E-state index in [9.17, 15) is 0 Å². The van der Waals surface area contributed by atoms with Crippen LogP contribution in [0, 0.1) is 11.8 Å². The first-order chi connectivity index (χ1) is 14.9. The lowest BCUT2D eigenvalue weighted by Crippen LogP contribution is -1.83. The molecule has 30 heavy (non-hydrogen) atoms. The topological polar surface area (TPSA) is 0 Å². The van der Waals surface area contributed by atoms with Crippen LogP contribution in [-0.2, 0) is 0 Å². The summed E-state index contributed by atoms with van der Waals surface area (Å²) in [5, 5.41) is 0. The molecule has 0 saturated heterocycles. The van der Waals surface area contributed by atoms with E-state index in [-0.39, 0.29) is 0 Å². The lowest BCUT2D eigenvalue weighted by molar-refractivity contribution is 0.545. The average molecular weight is 419 g/mol. The summed E-state index contributed by atoms with van der Waals surface area (Å²) < 4.78 is 0. The maximum atomic E-state index is 3.41. The Hall–Kier alpha value is -0.440. The van der Waals surface area contributed by atoms with E-state index >= 15 is 0 Å². The molecule has 0 atom stereocenters. The highest BCUT2D eigenvalue weighted by Crippen LogP contribution is 2.13. The van der Waals surface area contributed by atoms with Gasteiger partial charge in [-0.25, -0.2) is 0 Å². The third kappa shape index (κ3) is 27.6. The Bertz CT molecular complexity index is 313. The molecule has 0 aromatic rings. The first-order valence-corrected chi connectivity index (χ1v) is 14.4. The van der Waals surface area contributed by atoms with E-state index in [0.29, 0.717) is 0 Å². The summed E-state index contributed by atoms with van der Waals surface area (Å²) in [6.07, 6.45) is 36.6. The standard InChI is InChI=1S/C30H58/c1-3-5-7-9-11-13-15-17-19-21-23-25-27-29-30-28-26-24-22-20-18-16-14-12-10-8-6-4-2/h3-28H2,1-2H3. The molecular formula is C30H58. The van der Waals surface area contributed by atoms with Crippen LogP contribution in [0.5, 0.6) is 0 Å². The second-order valence-electron chi connectivity index (χ2n) is 9.63. The van der Waals surface area contributed by atoms with Gasteiger partial charge in [-0.2, -0.15) is 0 Å². The molecule has 0 spiro atoms. The molecule has 0 aromatic carbocycles. The van der Waals surface area contributed by atoms with Crippen LogP contribution in [0.2, 0.25) is 0 Å². The van der Waals surface area contributed by atoms with Gasteiger partial charge in [0.2, 0.25) is 0 Å². The zero-order chi connectivity index (χ0) is 21.8. The molecular weight excluding hydrogens is 360 g/mol. The summed E-state index contributed by atoms with van der Waals surface area (Å²) in [5.74, 6) is 6.82. The molecule has 0 heteroatoms. The summed E-state index contributed by atoms with van der Waals surface area (Å²) in [5.41, 5.74) is 0. The van der Waals surface area contributed by atoms with Crippen molar-refractivity contribution in [3.63, 3.8) is 0 Å². The fourth-order valence-corrected chi connectivity index (χ4v) is 4.29. The van der Waals surface area contributed by atoms with Crippen molar-refractivity contribution in [2.45, 2.75) is 181 Å². The van der Waals surface area contributed by atoms with Crippen LogP contribution in [-0.4, -0.2) is 0 Å². The van der Waals surface area contributed by atoms with Crippen molar-refractivity contribution in [2.75, 3.05) is 0 Å². The summed E-state index contributed by atoms with van der Waals surface area (Å²) in [4.78, 5) is 0. The first kappa shape index (κ1) is 29.6. The Morgan fingerprint density at radius 2 is 0.467 bits per heavy atom. The van der Waals surface area contributed by atoms with Crippen molar-refractivity contribution in [1.82, 2.24) is 0 Å². The minimum atomic E-state index is 1.13. The smallest absolute Gasteiger partial charge is 0.00886 e. The molecule has 0 radical (unpaired) electrons. The van der Waals surface area contributed by atoms with Gasteiger partial charge in [0.1, 0.15) is 0 Å². The van der Waals surface area contributed by atoms with E-state index in [2.05, 4.69) is 25.7 Å². The largest absolute Gasteiger partial charge is 0.103 e. The molecule has 0 unspecified atom stereocenters. The second-order valence-corrected chi connectivity index (χ2v) is 9.63. The van der Waals surface area contributed by atoms with Gasteiger partial charge in [-0.05, 0) is 12.8 Å². The number of rotatable bonds is 24. The van der Waals surface area contributed by atoms with Crippen LogP contribution < -0.4 is 0 Å². The van der Waals surface area contributed by atoms with Crippen LogP contribution in [0.4, 0.5) is 0 Å². The SMILES string of the molecule is CCCCCCCCCCCCCCC#CCCCCCCCCCCCCCC. The van der Waals surface area contributed by atoms with E-state index in [0.717, 1.165) is 12.8 Å². The van der Waals surface area contributed by atoms with E-state index in [1.807, 2.05) is 0 Å². The molecule has 0 fully saturated rings. The van der Waals surface area contributed by atoms with Gasteiger partial charge in [0.05, 0.1) is 0 Å². The minimum Gasteiger partial charge on any atom is -0.103 e. The van der Waals surface area contributed by atoms with Gasteiger partial charge in [-0.3, -0.25) is 0 Å². The van der Waals surface area contributed by atoms with Crippen LogP contribution >= 0.6 is 0 Å². The molecule has 0 aliphatic heterocycles. The maximum absolute atomic E-state index is 3.41. The molecule has 0 aromatic heterocycles. The predicted octanol–water partition coefficient (Wildman–Crippen LogP) is 11.2. The van der Waals surface area contributed by atoms with Crippen LogP contribution in [0.25, 0.3) is 0 Å². The zero-order valence-corrected chi connectivity index (χ0v) is 21.4. The minimum absolute atomic E-state index is 1.13. The van der Waals surface area contributed by atoms with Gasteiger partial charge >= 0.3 is 0 Å². The third-order valence-electron chi connectivity index (χ3n) is 6.44. The summed E-state index contributed by atoms with van der Waals surface area (Å²) in [6.45, 7) is 4.59. The maximum Gasteiger partial charge on any atom is 0.00886 e.